The number of ether oxygens (including phenoxy) is 1. The number of Topliss-reactive ketones (excluding diaryl/α,β-unsaturated/α-hetero) is 1. The molecule has 34 heavy (non-hydrogen) atoms. The molecule has 4 aromatic rings. The Balaban J connectivity index is 1.43. The summed E-state index contributed by atoms with van der Waals surface area (Å²) in [6, 6.07) is 9.10. The molecule has 1 aromatic carbocycles. The summed E-state index contributed by atoms with van der Waals surface area (Å²) in [7, 11) is 1.70. The van der Waals surface area contributed by atoms with Gasteiger partial charge in [-0.05, 0) is 51.1 Å². The summed E-state index contributed by atoms with van der Waals surface area (Å²) in [6.45, 7) is 5.38. The molecule has 4 rings (SSSR count). The molecule has 0 N–H and O–H groups in total. The highest BCUT2D eigenvalue weighted by atomic mass is 35.5. The van der Waals surface area contributed by atoms with Gasteiger partial charge in [-0.15, -0.1) is 0 Å². The van der Waals surface area contributed by atoms with Crippen LogP contribution in [0.15, 0.2) is 47.7 Å². The normalized spacial score (nSPS) is 12.1. The van der Waals surface area contributed by atoms with Gasteiger partial charge in [-0.2, -0.15) is 5.10 Å². The Bertz CT molecular complexity index is 1450. The number of nitrogens with zero attached hydrogens (tertiary/aromatic N) is 5. The van der Waals surface area contributed by atoms with Crippen LogP contribution in [0.4, 0.5) is 0 Å². The Morgan fingerprint density at radius 1 is 1.18 bits per heavy atom. The van der Waals surface area contributed by atoms with Crippen molar-refractivity contribution in [1.29, 1.82) is 0 Å². The molecule has 0 saturated heterocycles. The van der Waals surface area contributed by atoms with E-state index in [0.717, 1.165) is 17.1 Å². The highest BCUT2D eigenvalue weighted by molar-refractivity contribution is 6.30. The van der Waals surface area contributed by atoms with E-state index in [1.165, 1.54) is 21.8 Å². The lowest BCUT2D eigenvalue weighted by atomic mass is 10.1. The minimum absolute atomic E-state index is 0.0746. The highest BCUT2D eigenvalue weighted by Crippen LogP contribution is 2.23. The van der Waals surface area contributed by atoms with Crippen molar-refractivity contribution in [3.8, 4) is 5.69 Å². The second-order valence-corrected chi connectivity index (χ2v) is 8.53. The summed E-state index contributed by atoms with van der Waals surface area (Å²) in [5.41, 5.74) is 3.17. The standard InChI is InChI=1S/C24H24ClN5O4/c1-14-11-19(15(2)30(14)18-7-5-17(25)6-8-18)22(32)16(3)34-21(31)9-10-29-13-26-23-20(24(29)33)12-27-28(23)4/h5-8,11-13,16H,9-10H2,1-4H3/t16-/m0/s1. The Hall–Kier alpha value is -3.72. The first-order valence-corrected chi connectivity index (χ1v) is 11.1. The number of benzene rings is 1. The number of rotatable bonds is 7. The van der Waals surface area contributed by atoms with E-state index in [2.05, 4.69) is 10.1 Å². The van der Waals surface area contributed by atoms with Crippen molar-refractivity contribution < 1.29 is 14.3 Å². The van der Waals surface area contributed by atoms with Crippen LogP contribution >= 0.6 is 11.6 Å². The lowest BCUT2D eigenvalue weighted by Crippen LogP contribution is -2.27. The van der Waals surface area contributed by atoms with Gasteiger partial charge in [0.25, 0.3) is 5.56 Å². The van der Waals surface area contributed by atoms with Gasteiger partial charge in [0, 0.05) is 41.3 Å². The number of aromatic nitrogens is 5. The number of aryl methyl sites for hydroxylation is 3. The summed E-state index contributed by atoms with van der Waals surface area (Å²) >= 11 is 5.99. The van der Waals surface area contributed by atoms with E-state index in [0.29, 0.717) is 21.6 Å². The maximum atomic E-state index is 13.0. The lowest BCUT2D eigenvalue weighted by molar-refractivity contribution is -0.146. The van der Waals surface area contributed by atoms with Crippen molar-refractivity contribution in [3.05, 3.63) is 75.2 Å². The molecule has 0 fully saturated rings. The average Bonchev–Trinajstić information content (AvgIpc) is 3.33. The van der Waals surface area contributed by atoms with E-state index in [9.17, 15) is 14.4 Å². The van der Waals surface area contributed by atoms with E-state index in [4.69, 9.17) is 16.3 Å². The minimum atomic E-state index is -0.970. The van der Waals surface area contributed by atoms with Gasteiger partial charge in [-0.1, -0.05) is 11.6 Å². The number of ketones is 1. The number of fused-ring (bicyclic) bond motifs is 1. The minimum Gasteiger partial charge on any atom is -0.454 e. The zero-order chi connectivity index (χ0) is 24.6. The molecule has 9 nitrogen and oxygen atoms in total. The Morgan fingerprint density at radius 3 is 2.59 bits per heavy atom. The maximum absolute atomic E-state index is 13.0. The number of carbonyl (C=O) groups is 2. The fourth-order valence-corrected chi connectivity index (χ4v) is 4.09. The van der Waals surface area contributed by atoms with Gasteiger partial charge in [0.2, 0.25) is 5.78 Å². The summed E-state index contributed by atoms with van der Waals surface area (Å²) in [5.74, 6) is -0.872. The van der Waals surface area contributed by atoms with E-state index in [-0.39, 0.29) is 24.3 Å². The smallest absolute Gasteiger partial charge is 0.308 e. The molecule has 3 heterocycles. The molecule has 0 amide bonds. The molecule has 0 bridgehead atoms. The van der Waals surface area contributed by atoms with E-state index < -0.39 is 12.1 Å². The second kappa shape index (κ2) is 9.26. The third kappa shape index (κ3) is 4.38. The van der Waals surface area contributed by atoms with Crippen LogP contribution in [0.2, 0.25) is 5.02 Å². The van der Waals surface area contributed by atoms with Crippen molar-refractivity contribution in [2.24, 2.45) is 7.05 Å². The van der Waals surface area contributed by atoms with Gasteiger partial charge < -0.3 is 9.30 Å². The molecule has 10 heteroatoms. The average molecular weight is 482 g/mol. The zero-order valence-corrected chi connectivity index (χ0v) is 20.0. The summed E-state index contributed by atoms with van der Waals surface area (Å²) < 4.78 is 10.2. The van der Waals surface area contributed by atoms with Crippen LogP contribution in [0.3, 0.4) is 0 Å². The molecule has 0 radical (unpaired) electrons. The van der Waals surface area contributed by atoms with Crippen LogP contribution in [0.1, 0.15) is 35.1 Å². The Kier molecular flexibility index (Phi) is 6.39. The van der Waals surface area contributed by atoms with Gasteiger partial charge in [-0.25, -0.2) is 4.98 Å². The molecule has 0 spiro atoms. The van der Waals surface area contributed by atoms with E-state index >= 15 is 0 Å². The Morgan fingerprint density at radius 2 is 1.88 bits per heavy atom. The van der Waals surface area contributed by atoms with Crippen LogP contribution in [-0.2, 0) is 23.1 Å². The maximum Gasteiger partial charge on any atom is 0.308 e. The van der Waals surface area contributed by atoms with Gasteiger partial charge in [0.15, 0.2) is 11.8 Å². The molecule has 0 aliphatic heterocycles. The van der Waals surface area contributed by atoms with Crippen LogP contribution in [0, 0.1) is 13.8 Å². The fourth-order valence-electron chi connectivity index (χ4n) is 3.97. The highest BCUT2D eigenvalue weighted by Gasteiger charge is 2.24. The first-order valence-electron chi connectivity index (χ1n) is 10.7. The lowest BCUT2D eigenvalue weighted by Gasteiger charge is -2.14. The third-order valence-corrected chi connectivity index (χ3v) is 5.99. The largest absolute Gasteiger partial charge is 0.454 e. The van der Waals surface area contributed by atoms with Gasteiger partial charge >= 0.3 is 5.97 Å². The second-order valence-electron chi connectivity index (χ2n) is 8.09. The summed E-state index contributed by atoms with van der Waals surface area (Å²) in [4.78, 5) is 42.2. The molecular formula is C24H24ClN5O4. The molecule has 0 aliphatic carbocycles. The van der Waals surface area contributed by atoms with Crippen molar-refractivity contribution in [2.75, 3.05) is 0 Å². The van der Waals surface area contributed by atoms with Crippen LogP contribution < -0.4 is 5.56 Å². The SMILES string of the molecule is Cc1cc(C(=O)[C@H](C)OC(=O)CCn2cnc3c(cnn3C)c2=O)c(C)n1-c1ccc(Cl)cc1. The number of hydrogen-bond acceptors (Lipinski definition) is 6. The van der Waals surface area contributed by atoms with Crippen molar-refractivity contribution in [2.45, 2.75) is 39.8 Å². The van der Waals surface area contributed by atoms with Crippen molar-refractivity contribution in [1.82, 2.24) is 23.9 Å². The zero-order valence-electron chi connectivity index (χ0n) is 19.3. The van der Waals surface area contributed by atoms with Gasteiger partial charge in [0.1, 0.15) is 5.39 Å². The third-order valence-electron chi connectivity index (χ3n) is 5.73. The predicted octanol–water partition coefficient (Wildman–Crippen LogP) is 3.40. The quantitative estimate of drug-likeness (QED) is 0.296. The molecule has 1 atom stereocenters. The van der Waals surface area contributed by atoms with Crippen LogP contribution in [0.25, 0.3) is 16.7 Å². The molecule has 176 valence electrons. The molecular weight excluding hydrogens is 458 g/mol. The first-order chi connectivity index (χ1) is 16.2. The Labute approximate surface area is 200 Å². The molecule has 0 saturated carbocycles. The fraction of sp³-hybridized carbons (Fsp3) is 0.292. The van der Waals surface area contributed by atoms with Gasteiger partial charge in [-0.3, -0.25) is 23.6 Å². The monoisotopic (exact) mass is 481 g/mol. The predicted molar refractivity (Wildman–Crippen MR) is 128 cm³/mol. The van der Waals surface area contributed by atoms with Crippen LogP contribution in [0.5, 0.6) is 0 Å². The number of esters is 1. The summed E-state index contributed by atoms with van der Waals surface area (Å²) in [5, 5.41) is 5.02. The first kappa shape index (κ1) is 23.4. The van der Waals surface area contributed by atoms with Crippen molar-refractivity contribution >= 4 is 34.4 Å². The van der Waals surface area contributed by atoms with E-state index in [1.807, 2.05) is 30.5 Å². The van der Waals surface area contributed by atoms with E-state index in [1.54, 1.807) is 32.2 Å². The van der Waals surface area contributed by atoms with Crippen molar-refractivity contribution in [3.63, 3.8) is 0 Å². The number of halogens is 1. The summed E-state index contributed by atoms with van der Waals surface area (Å²) in [6.07, 6.45) is 1.78. The molecule has 0 aliphatic rings. The van der Waals surface area contributed by atoms with Crippen LogP contribution in [-0.4, -0.2) is 41.8 Å². The number of hydrogen-bond donors (Lipinski definition) is 0. The number of carbonyl (C=O) groups excluding carboxylic acids is 2. The topological polar surface area (TPSA) is 101 Å². The molecule has 3 aromatic heterocycles. The van der Waals surface area contributed by atoms with Gasteiger partial charge in [0.05, 0.1) is 18.9 Å². The molecule has 0 unspecified atom stereocenters.